The Morgan fingerprint density at radius 1 is 0.440 bits per heavy atom. The summed E-state index contributed by atoms with van der Waals surface area (Å²) in [5.41, 5.74) is 7.84. The molecule has 0 N–H and O–H groups in total. The molecule has 0 saturated carbocycles. The molecule has 0 aliphatic heterocycles. The van der Waals surface area contributed by atoms with Gasteiger partial charge in [-0.05, 0) is 41.8 Å². The molecule has 5 nitrogen and oxygen atoms in total. The lowest BCUT2D eigenvalue weighted by Crippen LogP contribution is -2.03. The van der Waals surface area contributed by atoms with Crippen LogP contribution < -0.4 is 0 Å². The Hall–Kier alpha value is -6.50. The van der Waals surface area contributed by atoms with E-state index in [4.69, 9.17) is 15.0 Å². The van der Waals surface area contributed by atoms with E-state index in [0.717, 1.165) is 66.1 Å². The van der Waals surface area contributed by atoms with Crippen LogP contribution in [0.2, 0.25) is 0 Å². The number of hydrogen-bond donors (Lipinski definition) is 0. The number of benzene rings is 6. The molecular formula is C44H25N5S. The van der Waals surface area contributed by atoms with E-state index in [9.17, 15) is 0 Å². The van der Waals surface area contributed by atoms with Crippen molar-refractivity contribution in [2.45, 2.75) is 0 Å². The van der Waals surface area contributed by atoms with Gasteiger partial charge in [0.05, 0.1) is 33.5 Å². The molecule has 11 aromatic rings. The molecule has 11 rings (SSSR count). The number of hydrogen-bond acceptors (Lipinski definition) is 5. The zero-order valence-electron chi connectivity index (χ0n) is 26.6. The van der Waals surface area contributed by atoms with E-state index in [1.165, 1.54) is 30.9 Å². The molecule has 0 radical (unpaired) electrons. The number of nitrogens with zero attached hydrogens (tertiary/aromatic N) is 5. The predicted molar refractivity (Wildman–Crippen MR) is 208 cm³/mol. The fraction of sp³-hybridized carbons (Fsp3) is 0. The van der Waals surface area contributed by atoms with E-state index in [2.05, 4.69) is 131 Å². The monoisotopic (exact) mass is 655 g/mol. The van der Waals surface area contributed by atoms with E-state index in [1.54, 1.807) is 0 Å². The van der Waals surface area contributed by atoms with Crippen LogP contribution >= 0.6 is 11.3 Å². The summed E-state index contributed by atoms with van der Waals surface area (Å²) < 4.78 is 4.73. The Bertz CT molecular complexity index is 3160. The van der Waals surface area contributed by atoms with Gasteiger partial charge in [-0.25, -0.2) is 15.0 Å². The van der Waals surface area contributed by atoms with Gasteiger partial charge in [-0.3, -0.25) is 9.55 Å². The first-order valence-corrected chi connectivity index (χ1v) is 17.5. The van der Waals surface area contributed by atoms with Crippen LogP contribution in [-0.4, -0.2) is 24.5 Å². The van der Waals surface area contributed by atoms with Crippen molar-refractivity contribution < 1.29 is 0 Å². The molecule has 6 aromatic carbocycles. The van der Waals surface area contributed by atoms with Crippen molar-refractivity contribution in [1.29, 1.82) is 0 Å². The smallest absolute Gasteiger partial charge is 0.235 e. The third kappa shape index (κ3) is 3.94. The van der Waals surface area contributed by atoms with Gasteiger partial charge >= 0.3 is 0 Å². The molecule has 0 amide bonds. The van der Waals surface area contributed by atoms with Crippen molar-refractivity contribution in [3.8, 4) is 28.5 Å². The van der Waals surface area contributed by atoms with Crippen LogP contribution in [0.4, 0.5) is 0 Å². The van der Waals surface area contributed by atoms with Crippen molar-refractivity contribution in [2.24, 2.45) is 0 Å². The maximum Gasteiger partial charge on any atom is 0.235 e. The van der Waals surface area contributed by atoms with Crippen LogP contribution in [0.1, 0.15) is 0 Å². The van der Waals surface area contributed by atoms with E-state index in [-0.39, 0.29) is 0 Å². The van der Waals surface area contributed by atoms with E-state index < -0.39 is 0 Å². The Kier molecular flexibility index (Phi) is 5.76. The Morgan fingerprint density at radius 3 is 2.06 bits per heavy atom. The molecule has 0 unspecified atom stereocenters. The van der Waals surface area contributed by atoms with Gasteiger partial charge < -0.3 is 0 Å². The zero-order valence-corrected chi connectivity index (χ0v) is 27.4. The number of para-hydroxylation sites is 2. The lowest BCUT2D eigenvalue weighted by Gasteiger charge is -2.13. The average molecular weight is 656 g/mol. The highest BCUT2D eigenvalue weighted by molar-refractivity contribution is 7.26. The van der Waals surface area contributed by atoms with Crippen molar-refractivity contribution in [3.05, 3.63) is 152 Å². The lowest BCUT2D eigenvalue weighted by atomic mass is 9.95. The van der Waals surface area contributed by atoms with Crippen LogP contribution in [0.25, 0.3) is 103 Å². The number of thiophene rings is 1. The minimum absolute atomic E-state index is 0.619. The van der Waals surface area contributed by atoms with Gasteiger partial charge in [-0.1, -0.05) is 103 Å². The number of rotatable bonds is 3. The molecule has 0 saturated heterocycles. The molecule has 0 aliphatic rings. The fourth-order valence-electron chi connectivity index (χ4n) is 7.68. The maximum atomic E-state index is 5.42. The van der Waals surface area contributed by atoms with E-state index in [0.29, 0.717) is 5.95 Å². The summed E-state index contributed by atoms with van der Waals surface area (Å²) in [5, 5.41) is 9.21. The normalized spacial score (nSPS) is 12.0. The average Bonchev–Trinajstić information content (AvgIpc) is 3.73. The molecule has 0 fully saturated rings. The molecule has 0 aliphatic carbocycles. The van der Waals surface area contributed by atoms with Crippen LogP contribution in [0.5, 0.6) is 0 Å². The van der Waals surface area contributed by atoms with Gasteiger partial charge in [-0.15, -0.1) is 11.3 Å². The van der Waals surface area contributed by atoms with Crippen molar-refractivity contribution in [2.75, 3.05) is 0 Å². The molecule has 50 heavy (non-hydrogen) atoms. The summed E-state index contributed by atoms with van der Waals surface area (Å²) in [5.74, 6) is 0.619. The van der Waals surface area contributed by atoms with E-state index >= 15 is 0 Å². The maximum absolute atomic E-state index is 5.42. The number of pyridine rings is 2. The summed E-state index contributed by atoms with van der Waals surface area (Å²) in [6.45, 7) is 0. The predicted octanol–water partition coefficient (Wildman–Crippen LogP) is 11.5. The van der Waals surface area contributed by atoms with Crippen LogP contribution in [0, 0.1) is 0 Å². The highest BCUT2D eigenvalue weighted by atomic mass is 32.1. The van der Waals surface area contributed by atoms with Gasteiger partial charge in [0.2, 0.25) is 5.95 Å². The molecule has 232 valence electrons. The number of fused-ring (bicyclic) bond motifs is 11. The summed E-state index contributed by atoms with van der Waals surface area (Å²) in [6, 6.07) is 49.1. The standard InChI is InChI=1S/C44H25N5S/c1-2-10-26(11-3-1)42-31-13-5-8-16-35(31)47-44(48-42)49-36-22-23-45-25-33(36)29-19-18-27(24-37(29)49)43-41-30(28-12-4-7-15-34(28)46-43)20-21-39-40(41)32-14-6-9-17-38(32)50-39/h1-25H. The molecule has 6 heteroatoms. The lowest BCUT2D eigenvalue weighted by molar-refractivity contribution is 1.01. The third-order valence-electron chi connectivity index (χ3n) is 9.89. The second kappa shape index (κ2) is 10.5. The first kappa shape index (κ1) is 27.5. The quantitative estimate of drug-likeness (QED) is 0.178. The van der Waals surface area contributed by atoms with Gasteiger partial charge in [0.25, 0.3) is 0 Å². The summed E-state index contributed by atoms with van der Waals surface area (Å²) >= 11 is 1.84. The Balaban J connectivity index is 1.26. The molecule has 0 bridgehead atoms. The zero-order chi connectivity index (χ0) is 32.8. The minimum atomic E-state index is 0.619. The van der Waals surface area contributed by atoms with Crippen LogP contribution in [-0.2, 0) is 0 Å². The Labute approximate surface area is 289 Å². The van der Waals surface area contributed by atoms with Crippen molar-refractivity contribution in [1.82, 2.24) is 24.5 Å². The minimum Gasteiger partial charge on any atom is -0.278 e. The first-order valence-electron chi connectivity index (χ1n) is 16.6. The highest BCUT2D eigenvalue weighted by Gasteiger charge is 2.21. The molecule has 0 atom stereocenters. The molecule has 5 aromatic heterocycles. The van der Waals surface area contributed by atoms with Gasteiger partial charge in [0, 0.05) is 70.6 Å². The fourth-order valence-corrected chi connectivity index (χ4v) is 8.79. The topological polar surface area (TPSA) is 56.5 Å². The second-order valence-corrected chi connectivity index (χ2v) is 13.7. The first-order chi connectivity index (χ1) is 24.8. The number of aromatic nitrogens is 5. The summed E-state index contributed by atoms with van der Waals surface area (Å²) in [7, 11) is 0. The molecule has 0 spiro atoms. The van der Waals surface area contributed by atoms with Gasteiger partial charge in [-0.2, -0.15) is 0 Å². The van der Waals surface area contributed by atoms with Crippen molar-refractivity contribution >= 4 is 85.9 Å². The Morgan fingerprint density at radius 2 is 1.18 bits per heavy atom. The summed E-state index contributed by atoms with van der Waals surface area (Å²) in [4.78, 5) is 20.4. The highest BCUT2D eigenvalue weighted by Crippen LogP contribution is 2.44. The van der Waals surface area contributed by atoms with Crippen LogP contribution in [0.3, 0.4) is 0 Å². The van der Waals surface area contributed by atoms with Crippen molar-refractivity contribution in [3.63, 3.8) is 0 Å². The van der Waals surface area contributed by atoms with Gasteiger partial charge in [0.1, 0.15) is 0 Å². The summed E-state index contributed by atoms with van der Waals surface area (Å²) in [6.07, 6.45) is 3.78. The third-order valence-corrected chi connectivity index (χ3v) is 11.0. The van der Waals surface area contributed by atoms with Gasteiger partial charge in [0.15, 0.2) is 0 Å². The van der Waals surface area contributed by atoms with E-state index in [1.807, 2.05) is 41.9 Å². The molecule has 5 heterocycles. The SMILES string of the molecule is c1ccc(-c2nc(-n3c4ccncc4c4ccc(-c5nc6ccccc6c6ccc7sc8ccccc8c7c56)cc43)nc3ccccc23)cc1. The second-order valence-electron chi connectivity index (χ2n) is 12.7. The van der Waals surface area contributed by atoms with Crippen LogP contribution in [0.15, 0.2) is 152 Å². The molecular weight excluding hydrogens is 631 g/mol. The largest absolute Gasteiger partial charge is 0.278 e.